The predicted molar refractivity (Wildman–Crippen MR) is 68.2 cm³/mol. The summed E-state index contributed by atoms with van der Waals surface area (Å²) < 4.78 is 0. The first-order chi connectivity index (χ1) is 7.89. The van der Waals surface area contributed by atoms with Crippen molar-refractivity contribution in [3.63, 3.8) is 0 Å². The van der Waals surface area contributed by atoms with Crippen LogP contribution in [0.1, 0.15) is 50.7 Å². The van der Waals surface area contributed by atoms with Gasteiger partial charge in [-0.2, -0.15) is 0 Å². The fourth-order valence-corrected chi connectivity index (χ4v) is 2.42. The molecule has 92 valence electrons. The molecule has 1 aromatic carbocycles. The highest BCUT2D eigenvalue weighted by Crippen LogP contribution is 2.42. The van der Waals surface area contributed by atoms with Gasteiger partial charge in [-0.1, -0.05) is 45.0 Å². The highest BCUT2D eigenvalue weighted by molar-refractivity contribution is 5.72. The molecule has 2 rings (SSSR count). The molecule has 0 radical (unpaired) electrons. The van der Waals surface area contributed by atoms with Crippen LogP contribution in [0.3, 0.4) is 0 Å². The third kappa shape index (κ3) is 2.36. The number of carboxylic acid groups (broad SMARTS) is 1. The van der Waals surface area contributed by atoms with Gasteiger partial charge in [-0.05, 0) is 35.3 Å². The van der Waals surface area contributed by atoms with Crippen molar-refractivity contribution in [1.29, 1.82) is 0 Å². The Morgan fingerprint density at radius 3 is 2.12 bits per heavy atom. The summed E-state index contributed by atoms with van der Waals surface area (Å²) in [4.78, 5) is 11.0. The maximum atomic E-state index is 11.0. The Morgan fingerprint density at radius 2 is 1.76 bits per heavy atom. The summed E-state index contributed by atoms with van der Waals surface area (Å²) in [5.41, 5.74) is 2.63. The van der Waals surface area contributed by atoms with Gasteiger partial charge in [0.1, 0.15) is 0 Å². The summed E-state index contributed by atoms with van der Waals surface area (Å²) in [6.07, 6.45) is 1.83. The van der Waals surface area contributed by atoms with Crippen LogP contribution in [-0.2, 0) is 10.2 Å². The SMILES string of the molecule is CC(C)(C)c1ccc([C@@H]2CC[C@H]2C(=O)O)cc1. The highest BCUT2D eigenvalue weighted by Gasteiger charge is 2.37. The van der Waals surface area contributed by atoms with Gasteiger partial charge in [0, 0.05) is 0 Å². The average Bonchev–Trinajstić information content (AvgIpc) is 2.14. The van der Waals surface area contributed by atoms with Gasteiger partial charge in [-0.3, -0.25) is 4.79 Å². The van der Waals surface area contributed by atoms with Crippen molar-refractivity contribution in [2.75, 3.05) is 0 Å². The van der Waals surface area contributed by atoms with Gasteiger partial charge in [0.15, 0.2) is 0 Å². The number of hydrogen-bond acceptors (Lipinski definition) is 1. The zero-order chi connectivity index (χ0) is 12.6. The monoisotopic (exact) mass is 232 g/mol. The third-order valence-electron chi connectivity index (χ3n) is 3.80. The topological polar surface area (TPSA) is 37.3 Å². The lowest BCUT2D eigenvalue weighted by atomic mass is 9.69. The van der Waals surface area contributed by atoms with Crippen LogP contribution < -0.4 is 0 Å². The molecule has 0 aliphatic heterocycles. The lowest BCUT2D eigenvalue weighted by molar-refractivity contribution is -0.145. The van der Waals surface area contributed by atoms with Gasteiger partial charge < -0.3 is 5.11 Å². The van der Waals surface area contributed by atoms with Crippen molar-refractivity contribution in [3.8, 4) is 0 Å². The molecule has 2 heteroatoms. The summed E-state index contributed by atoms with van der Waals surface area (Å²) >= 11 is 0. The fraction of sp³-hybridized carbons (Fsp3) is 0.533. The summed E-state index contributed by atoms with van der Waals surface area (Å²) in [6, 6.07) is 8.46. The Balaban J connectivity index is 2.16. The first-order valence-electron chi connectivity index (χ1n) is 6.23. The average molecular weight is 232 g/mol. The summed E-state index contributed by atoms with van der Waals surface area (Å²) in [5, 5.41) is 9.05. The van der Waals surface area contributed by atoms with Crippen molar-refractivity contribution in [3.05, 3.63) is 35.4 Å². The van der Waals surface area contributed by atoms with Crippen LogP contribution in [-0.4, -0.2) is 11.1 Å². The zero-order valence-corrected chi connectivity index (χ0v) is 10.7. The van der Waals surface area contributed by atoms with Crippen molar-refractivity contribution >= 4 is 5.97 Å². The Hall–Kier alpha value is -1.31. The third-order valence-corrected chi connectivity index (χ3v) is 3.80. The fourth-order valence-electron chi connectivity index (χ4n) is 2.42. The van der Waals surface area contributed by atoms with E-state index >= 15 is 0 Å². The molecule has 1 aliphatic carbocycles. The summed E-state index contributed by atoms with van der Waals surface area (Å²) in [6.45, 7) is 6.56. The molecule has 1 fully saturated rings. The number of benzene rings is 1. The van der Waals surface area contributed by atoms with Gasteiger partial charge in [0.05, 0.1) is 5.92 Å². The molecule has 0 saturated heterocycles. The minimum absolute atomic E-state index is 0.157. The molecular formula is C15H20O2. The molecule has 0 heterocycles. The van der Waals surface area contributed by atoms with E-state index in [1.807, 2.05) is 0 Å². The standard InChI is InChI=1S/C15H20O2/c1-15(2,3)11-6-4-10(5-7-11)12-8-9-13(12)14(16)17/h4-7,12-13H,8-9H2,1-3H3,(H,16,17)/t12-,13+/m0/s1. The second kappa shape index (κ2) is 4.17. The second-order valence-corrected chi connectivity index (χ2v) is 6.00. The van der Waals surface area contributed by atoms with E-state index in [4.69, 9.17) is 5.11 Å². The van der Waals surface area contributed by atoms with E-state index < -0.39 is 5.97 Å². The quantitative estimate of drug-likeness (QED) is 0.846. The van der Waals surface area contributed by atoms with Crippen molar-refractivity contribution in [1.82, 2.24) is 0 Å². The Morgan fingerprint density at radius 1 is 1.18 bits per heavy atom. The summed E-state index contributed by atoms with van der Waals surface area (Å²) in [7, 11) is 0. The van der Waals surface area contributed by atoms with Crippen LogP contribution in [0.4, 0.5) is 0 Å². The lowest BCUT2D eigenvalue weighted by Crippen LogP contribution is -2.30. The number of hydrogen-bond donors (Lipinski definition) is 1. The number of rotatable bonds is 2. The van der Waals surface area contributed by atoms with Gasteiger partial charge >= 0.3 is 5.97 Å². The molecular weight excluding hydrogens is 212 g/mol. The molecule has 1 aliphatic rings. The van der Waals surface area contributed by atoms with Gasteiger partial charge in [0.2, 0.25) is 0 Å². The van der Waals surface area contributed by atoms with E-state index in [1.54, 1.807) is 0 Å². The van der Waals surface area contributed by atoms with Crippen molar-refractivity contribution in [2.24, 2.45) is 5.92 Å². The number of carboxylic acids is 1. The maximum Gasteiger partial charge on any atom is 0.307 e. The molecule has 0 unspecified atom stereocenters. The molecule has 0 aromatic heterocycles. The van der Waals surface area contributed by atoms with E-state index in [0.717, 1.165) is 12.8 Å². The molecule has 17 heavy (non-hydrogen) atoms. The van der Waals surface area contributed by atoms with Crippen LogP contribution in [0.5, 0.6) is 0 Å². The molecule has 1 aromatic rings. The normalized spacial score (nSPS) is 24.2. The first-order valence-corrected chi connectivity index (χ1v) is 6.23. The van der Waals surface area contributed by atoms with Crippen LogP contribution in [0, 0.1) is 5.92 Å². The first kappa shape index (κ1) is 12.2. The Kier molecular flexibility index (Phi) is 2.98. The molecule has 0 bridgehead atoms. The van der Waals surface area contributed by atoms with E-state index in [1.165, 1.54) is 11.1 Å². The lowest BCUT2D eigenvalue weighted by Gasteiger charge is -2.34. The molecule has 0 spiro atoms. The van der Waals surface area contributed by atoms with E-state index in [9.17, 15) is 4.79 Å². The molecule has 1 N–H and O–H groups in total. The van der Waals surface area contributed by atoms with Gasteiger partial charge in [0.25, 0.3) is 0 Å². The minimum Gasteiger partial charge on any atom is -0.481 e. The van der Waals surface area contributed by atoms with Crippen LogP contribution >= 0.6 is 0 Å². The number of aliphatic carboxylic acids is 1. The molecule has 2 atom stereocenters. The Labute approximate surface area is 103 Å². The second-order valence-electron chi connectivity index (χ2n) is 6.00. The number of carbonyl (C=O) groups is 1. The maximum absolute atomic E-state index is 11.0. The molecule has 0 amide bonds. The Bertz CT molecular complexity index is 412. The van der Waals surface area contributed by atoms with E-state index in [2.05, 4.69) is 45.0 Å². The highest BCUT2D eigenvalue weighted by atomic mass is 16.4. The van der Waals surface area contributed by atoms with Crippen LogP contribution in [0.15, 0.2) is 24.3 Å². The zero-order valence-electron chi connectivity index (χ0n) is 10.7. The van der Waals surface area contributed by atoms with Crippen LogP contribution in [0.25, 0.3) is 0 Å². The van der Waals surface area contributed by atoms with Crippen molar-refractivity contribution in [2.45, 2.75) is 44.9 Å². The van der Waals surface area contributed by atoms with E-state index in [-0.39, 0.29) is 17.3 Å². The molecule has 2 nitrogen and oxygen atoms in total. The van der Waals surface area contributed by atoms with Gasteiger partial charge in [-0.25, -0.2) is 0 Å². The smallest absolute Gasteiger partial charge is 0.307 e. The van der Waals surface area contributed by atoms with Crippen LogP contribution in [0.2, 0.25) is 0 Å². The van der Waals surface area contributed by atoms with E-state index in [0.29, 0.717) is 0 Å². The van der Waals surface area contributed by atoms with Gasteiger partial charge in [-0.15, -0.1) is 0 Å². The summed E-state index contributed by atoms with van der Waals surface area (Å²) in [5.74, 6) is -0.599. The minimum atomic E-state index is -0.652. The largest absolute Gasteiger partial charge is 0.481 e. The molecule has 1 saturated carbocycles. The predicted octanol–water partition coefficient (Wildman–Crippen LogP) is 3.56. The van der Waals surface area contributed by atoms with Crippen molar-refractivity contribution < 1.29 is 9.90 Å².